The predicted octanol–water partition coefficient (Wildman–Crippen LogP) is 7.81. The molecule has 0 bridgehead atoms. The molecule has 0 fully saturated rings. The molecule has 174 valence electrons. The molecule has 2 atom stereocenters. The maximum atomic E-state index is 10.5. The first-order valence-corrected chi connectivity index (χ1v) is 12.7. The van der Waals surface area contributed by atoms with E-state index < -0.39 is 12.2 Å². The molecule has 0 amide bonds. The standard InChI is InChI=1S/C28H44O3/c1-2-3-4-5-6-7-8-9-10-11-12-13-14-15-20-26(29)28(31)25-22-21-23-18-16-17-19-24(23)27(25)30/h16-19,21-22,26,28-31H,2-15,20H2,1H3. The van der Waals surface area contributed by atoms with E-state index in [0.717, 1.165) is 18.2 Å². The molecule has 0 aliphatic rings. The molecule has 0 aromatic heterocycles. The van der Waals surface area contributed by atoms with Crippen molar-refractivity contribution < 1.29 is 15.3 Å². The van der Waals surface area contributed by atoms with Crippen molar-refractivity contribution in [1.82, 2.24) is 0 Å². The lowest BCUT2D eigenvalue weighted by Gasteiger charge is -2.20. The van der Waals surface area contributed by atoms with Crippen LogP contribution in [0.5, 0.6) is 5.75 Å². The summed E-state index contributed by atoms with van der Waals surface area (Å²) in [6.45, 7) is 2.27. The molecule has 2 unspecified atom stereocenters. The van der Waals surface area contributed by atoms with Gasteiger partial charge >= 0.3 is 0 Å². The van der Waals surface area contributed by atoms with Gasteiger partial charge in [-0.2, -0.15) is 0 Å². The lowest BCUT2D eigenvalue weighted by atomic mass is 9.96. The van der Waals surface area contributed by atoms with Gasteiger partial charge < -0.3 is 15.3 Å². The van der Waals surface area contributed by atoms with Gasteiger partial charge in [0.05, 0.1) is 6.10 Å². The molecule has 0 saturated heterocycles. The summed E-state index contributed by atoms with van der Waals surface area (Å²) in [5, 5.41) is 33.1. The summed E-state index contributed by atoms with van der Waals surface area (Å²) in [5.74, 6) is 0.0746. The summed E-state index contributed by atoms with van der Waals surface area (Å²) in [6, 6.07) is 11.1. The van der Waals surface area contributed by atoms with Gasteiger partial charge in [0.2, 0.25) is 0 Å². The van der Waals surface area contributed by atoms with Gasteiger partial charge in [-0.1, -0.05) is 133 Å². The third-order valence-electron chi connectivity index (χ3n) is 6.47. The second-order valence-corrected chi connectivity index (χ2v) is 9.12. The Labute approximate surface area is 189 Å². The van der Waals surface area contributed by atoms with E-state index in [1.807, 2.05) is 30.3 Å². The molecule has 0 heterocycles. The first-order valence-electron chi connectivity index (χ1n) is 12.7. The molecule has 31 heavy (non-hydrogen) atoms. The van der Waals surface area contributed by atoms with Crippen molar-refractivity contribution in [2.45, 2.75) is 115 Å². The Morgan fingerprint density at radius 3 is 1.74 bits per heavy atom. The smallest absolute Gasteiger partial charge is 0.129 e. The molecule has 2 rings (SSSR count). The van der Waals surface area contributed by atoms with Gasteiger partial charge in [-0.15, -0.1) is 0 Å². The Hall–Kier alpha value is -1.58. The minimum atomic E-state index is -1.05. The first-order chi connectivity index (χ1) is 15.1. The number of phenolic OH excluding ortho intramolecular Hbond substituents is 1. The Bertz CT molecular complexity index is 727. The molecule has 0 aliphatic heterocycles. The minimum Gasteiger partial charge on any atom is -0.507 e. The van der Waals surface area contributed by atoms with Crippen LogP contribution in [0.15, 0.2) is 36.4 Å². The van der Waals surface area contributed by atoms with Crippen molar-refractivity contribution in [2.24, 2.45) is 0 Å². The van der Waals surface area contributed by atoms with Gasteiger partial charge in [-0.3, -0.25) is 0 Å². The number of rotatable bonds is 17. The highest BCUT2D eigenvalue weighted by Gasteiger charge is 2.22. The average molecular weight is 429 g/mol. The van der Waals surface area contributed by atoms with Crippen LogP contribution in [-0.4, -0.2) is 21.4 Å². The third-order valence-corrected chi connectivity index (χ3v) is 6.47. The number of hydrogen-bond acceptors (Lipinski definition) is 3. The van der Waals surface area contributed by atoms with Gasteiger partial charge in [0.15, 0.2) is 0 Å². The average Bonchev–Trinajstić information content (AvgIpc) is 2.79. The fraction of sp³-hybridized carbons (Fsp3) is 0.643. The zero-order valence-corrected chi connectivity index (χ0v) is 19.6. The summed E-state index contributed by atoms with van der Waals surface area (Å²) in [6.07, 6.45) is 16.9. The molecule has 3 nitrogen and oxygen atoms in total. The number of unbranched alkanes of at least 4 members (excludes halogenated alkanes) is 13. The van der Waals surface area contributed by atoms with E-state index in [2.05, 4.69) is 6.92 Å². The molecule has 2 aromatic carbocycles. The van der Waals surface area contributed by atoms with Gasteiger partial charge in [0.25, 0.3) is 0 Å². The fourth-order valence-electron chi connectivity index (χ4n) is 4.42. The molecule has 0 radical (unpaired) electrons. The van der Waals surface area contributed by atoms with Crippen LogP contribution in [0, 0.1) is 0 Å². The molecule has 2 aromatic rings. The molecule has 3 heteroatoms. The highest BCUT2D eigenvalue weighted by Crippen LogP contribution is 2.34. The van der Waals surface area contributed by atoms with Crippen molar-refractivity contribution in [2.75, 3.05) is 0 Å². The number of phenols is 1. The second-order valence-electron chi connectivity index (χ2n) is 9.12. The van der Waals surface area contributed by atoms with E-state index >= 15 is 0 Å². The Balaban J connectivity index is 1.52. The monoisotopic (exact) mass is 428 g/mol. The summed E-state index contributed by atoms with van der Waals surface area (Å²) >= 11 is 0. The van der Waals surface area contributed by atoms with Crippen molar-refractivity contribution in [3.8, 4) is 5.75 Å². The van der Waals surface area contributed by atoms with Crippen LogP contribution in [0.2, 0.25) is 0 Å². The van der Waals surface area contributed by atoms with Crippen LogP contribution in [0.25, 0.3) is 10.8 Å². The lowest BCUT2D eigenvalue weighted by molar-refractivity contribution is 0.0108. The summed E-state index contributed by atoms with van der Waals surface area (Å²) in [7, 11) is 0. The molecule has 0 aliphatic carbocycles. The molecular formula is C28H44O3. The number of hydrogen-bond donors (Lipinski definition) is 3. The van der Waals surface area contributed by atoms with Gasteiger partial charge in [0, 0.05) is 10.9 Å². The number of aromatic hydroxyl groups is 1. The van der Waals surface area contributed by atoms with E-state index in [0.29, 0.717) is 17.4 Å². The largest absolute Gasteiger partial charge is 0.507 e. The maximum absolute atomic E-state index is 10.5. The minimum absolute atomic E-state index is 0.0746. The van der Waals surface area contributed by atoms with E-state index in [9.17, 15) is 15.3 Å². The Kier molecular flexibility index (Phi) is 12.6. The van der Waals surface area contributed by atoms with Crippen LogP contribution in [0.4, 0.5) is 0 Å². The zero-order chi connectivity index (χ0) is 22.3. The summed E-state index contributed by atoms with van der Waals surface area (Å²) in [5.41, 5.74) is 0.413. The van der Waals surface area contributed by atoms with Crippen LogP contribution < -0.4 is 0 Å². The van der Waals surface area contributed by atoms with Crippen molar-refractivity contribution >= 4 is 10.8 Å². The third kappa shape index (κ3) is 9.21. The van der Waals surface area contributed by atoms with Crippen LogP contribution in [0.1, 0.15) is 115 Å². The van der Waals surface area contributed by atoms with Crippen LogP contribution in [0.3, 0.4) is 0 Å². The SMILES string of the molecule is CCCCCCCCCCCCCCCCC(O)C(O)c1ccc2ccccc2c1O. The summed E-state index contributed by atoms with van der Waals surface area (Å²) in [4.78, 5) is 0. The van der Waals surface area contributed by atoms with E-state index in [4.69, 9.17) is 0 Å². The van der Waals surface area contributed by atoms with Gasteiger partial charge in [0.1, 0.15) is 11.9 Å². The first kappa shape index (κ1) is 25.7. The van der Waals surface area contributed by atoms with Crippen molar-refractivity contribution in [1.29, 1.82) is 0 Å². The lowest BCUT2D eigenvalue weighted by Crippen LogP contribution is -2.18. The Morgan fingerprint density at radius 1 is 0.645 bits per heavy atom. The fourth-order valence-corrected chi connectivity index (χ4v) is 4.42. The highest BCUT2D eigenvalue weighted by atomic mass is 16.3. The maximum Gasteiger partial charge on any atom is 0.129 e. The highest BCUT2D eigenvalue weighted by molar-refractivity contribution is 5.89. The number of aliphatic hydroxyl groups is 2. The van der Waals surface area contributed by atoms with E-state index in [1.165, 1.54) is 77.0 Å². The quantitative estimate of drug-likeness (QED) is 0.225. The molecular weight excluding hydrogens is 384 g/mol. The molecule has 3 N–H and O–H groups in total. The second kappa shape index (κ2) is 15.3. The van der Waals surface area contributed by atoms with E-state index in [-0.39, 0.29) is 5.75 Å². The summed E-state index contributed by atoms with van der Waals surface area (Å²) < 4.78 is 0. The Morgan fingerprint density at radius 2 is 1.16 bits per heavy atom. The number of aliphatic hydroxyl groups excluding tert-OH is 2. The normalized spacial score (nSPS) is 13.5. The number of fused-ring (bicyclic) bond motifs is 1. The van der Waals surface area contributed by atoms with Crippen LogP contribution in [-0.2, 0) is 0 Å². The topological polar surface area (TPSA) is 60.7 Å². The van der Waals surface area contributed by atoms with Crippen molar-refractivity contribution in [3.05, 3.63) is 42.0 Å². The van der Waals surface area contributed by atoms with Crippen LogP contribution >= 0.6 is 0 Å². The number of benzene rings is 2. The van der Waals surface area contributed by atoms with Crippen molar-refractivity contribution in [3.63, 3.8) is 0 Å². The zero-order valence-electron chi connectivity index (χ0n) is 19.6. The predicted molar refractivity (Wildman–Crippen MR) is 132 cm³/mol. The van der Waals surface area contributed by atoms with Gasteiger partial charge in [-0.05, 0) is 11.8 Å². The van der Waals surface area contributed by atoms with E-state index in [1.54, 1.807) is 6.07 Å². The molecule has 0 saturated carbocycles. The molecule has 0 spiro atoms. The van der Waals surface area contributed by atoms with Gasteiger partial charge in [-0.25, -0.2) is 0 Å².